The lowest BCUT2D eigenvalue weighted by Gasteiger charge is -2.08. The molecule has 1 aromatic heterocycles. The van der Waals surface area contributed by atoms with E-state index in [0.717, 1.165) is 17.9 Å². The maximum Gasteiger partial charge on any atom is 0.120 e. The van der Waals surface area contributed by atoms with Crippen LogP contribution in [-0.2, 0) is 0 Å². The molecule has 1 atom stereocenters. The van der Waals surface area contributed by atoms with Crippen molar-refractivity contribution in [2.75, 3.05) is 0 Å². The third kappa shape index (κ3) is 4.52. The van der Waals surface area contributed by atoms with E-state index in [2.05, 4.69) is 6.92 Å². The van der Waals surface area contributed by atoms with Crippen molar-refractivity contribution in [3.63, 3.8) is 0 Å². The number of hydrogen-bond donors (Lipinski definition) is 1. The molecule has 2 N–H and O–H groups in total. The number of rotatable bonds is 7. The standard InChI is InChI=1S/C13H23NO/c1-3-4-5-6-7-8-12(14)13-10-9-11(2)15-13/h9-10,12H,3-8,14H2,1-2H3/t12-/m1/s1. The molecule has 0 fully saturated rings. The van der Waals surface area contributed by atoms with Crippen LogP contribution in [0.15, 0.2) is 16.5 Å². The van der Waals surface area contributed by atoms with Crippen LogP contribution in [-0.4, -0.2) is 0 Å². The van der Waals surface area contributed by atoms with Crippen molar-refractivity contribution in [1.82, 2.24) is 0 Å². The van der Waals surface area contributed by atoms with Crippen LogP contribution in [0.3, 0.4) is 0 Å². The molecule has 0 saturated carbocycles. The Balaban J connectivity index is 2.16. The number of hydrogen-bond acceptors (Lipinski definition) is 2. The molecule has 1 heterocycles. The van der Waals surface area contributed by atoms with Gasteiger partial charge < -0.3 is 10.2 Å². The van der Waals surface area contributed by atoms with E-state index < -0.39 is 0 Å². The van der Waals surface area contributed by atoms with E-state index in [1.54, 1.807) is 0 Å². The van der Waals surface area contributed by atoms with Crippen LogP contribution in [0.25, 0.3) is 0 Å². The fourth-order valence-electron chi connectivity index (χ4n) is 1.76. The summed E-state index contributed by atoms with van der Waals surface area (Å²) in [6, 6.07) is 4.05. The summed E-state index contributed by atoms with van der Waals surface area (Å²) in [5.74, 6) is 1.88. The van der Waals surface area contributed by atoms with Crippen LogP contribution in [0, 0.1) is 6.92 Å². The van der Waals surface area contributed by atoms with E-state index in [4.69, 9.17) is 10.2 Å². The first-order valence-electron chi connectivity index (χ1n) is 6.06. The van der Waals surface area contributed by atoms with E-state index in [0.29, 0.717) is 0 Å². The molecule has 2 nitrogen and oxygen atoms in total. The van der Waals surface area contributed by atoms with Gasteiger partial charge in [-0.15, -0.1) is 0 Å². The van der Waals surface area contributed by atoms with Crippen molar-refractivity contribution >= 4 is 0 Å². The molecule has 1 rings (SSSR count). The molecule has 0 aromatic carbocycles. The lowest BCUT2D eigenvalue weighted by molar-refractivity contribution is 0.424. The topological polar surface area (TPSA) is 39.2 Å². The first-order chi connectivity index (χ1) is 7.24. The SMILES string of the molecule is CCCCCCC[C@@H](N)c1ccc(C)o1. The highest BCUT2D eigenvalue weighted by Gasteiger charge is 2.08. The fourth-order valence-corrected chi connectivity index (χ4v) is 1.76. The number of aryl methyl sites for hydroxylation is 1. The Hall–Kier alpha value is -0.760. The zero-order valence-corrected chi connectivity index (χ0v) is 9.96. The predicted octanol–water partition coefficient (Wildman–Crippen LogP) is 3.95. The summed E-state index contributed by atoms with van der Waals surface area (Å²) in [6.07, 6.45) is 7.51. The van der Waals surface area contributed by atoms with E-state index in [1.807, 2.05) is 19.1 Å². The molecule has 1 aromatic rings. The molecule has 0 radical (unpaired) electrons. The van der Waals surface area contributed by atoms with Crippen LogP contribution in [0.4, 0.5) is 0 Å². The number of furan rings is 1. The summed E-state index contributed by atoms with van der Waals surface area (Å²) in [5.41, 5.74) is 6.03. The Morgan fingerprint density at radius 2 is 1.93 bits per heavy atom. The van der Waals surface area contributed by atoms with Crippen molar-refractivity contribution < 1.29 is 4.42 Å². The molecule has 0 aliphatic heterocycles. The zero-order chi connectivity index (χ0) is 11.1. The van der Waals surface area contributed by atoms with E-state index in [1.165, 1.54) is 32.1 Å². The quantitative estimate of drug-likeness (QED) is 0.691. The van der Waals surface area contributed by atoms with Gasteiger partial charge in [-0.1, -0.05) is 39.0 Å². The van der Waals surface area contributed by atoms with Gasteiger partial charge in [-0.3, -0.25) is 0 Å². The highest BCUT2D eigenvalue weighted by molar-refractivity contribution is 5.08. The van der Waals surface area contributed by atoms with Crippen molar-refractivity contribution in [2.45, 2.75) is 58.4 Å². The molecule has 0 unspecified atom stereocenters. The summed E-state index contributed by atoms with van der Waals surface area (Å²) in [7, 11) is 0. The first kappa shape index (κ1) is 12.3. The van der Waals surface area contributed by atoms with Gasteiger partial charge in [-0.2, -0.15) is 0 Å². The van der Waals surface area contributed by atoms with Gasteiger partial charge in [0.25, 0.3) is 0 Å². The van der Waals surface area contributed by atoms with Crippen LogP contribution >= 0.6 is 0 Å². The molecule has 86 valence electrons. The average molecular weight is 209 g/mol. The second kappa shape index (κ2) is 6.67. The Labute approximate surface area is 92.9 Å². The van der Waals surface area contributed by atoms with Crippen molar-refractivity contribution in [3.8, 4) is 0 Å². The number of nitrogens with two attached hydrogens (primary N) is 1. The normalized spacial score (nSPS) is 13.0. The monoisotopic (exact) mass is 209 g/mol. The second-order valence-corrected chi connectivity index (χ2v) is 4.26. The second-order valence-electron chi connectivity index (χ2n) is 4.26. The Kier molecular flexibility index (Phi) is 5.48. The smallest absolute Gasteiger partial charge is 0.120 e. The van der Waals surface area contributed by atoms with Gasteiger partial charge in [0.05, 0.1) is 6.04 Å². The minimum atomic E-state index is 0.0836. The van der Waals surface area contributed by atoms with Crippen molar-refractivity contribution in [2.24, 2.45) is 5.73 Å². The summed E-state index contributed by atoms with van der Waals surface area (Å²) in [5, 5.41) is 0. The van der Waals surface area contributed by atoms with Crippen LogP contribution in [0.5, 0.6) is 0 Å². The summed E-state index contributed by atoms with van der Waals surface area (Å²) >= 11 is 0. The highest BCUT2D eigenvalue weighted by Crippen LogP contribution is 2.19. The molecule has 0 amide bonds. The lowest BCUT2D eigenvalue weighted by atomic mass is 10.1. The third-order valence-electron chi connectivity index (χ3n) is 2.75. The summed E-state index contributed by atoms with van der Waals surface area (Å²) in [6.45, 7) is 4.19. The summed E-state index contributed by atoms with van der Waals surface area (Å²) < 4.78 is 5.50. The fraction of sp³-hybridized carbons (Fsp3) is 0.692. The Morgan fingerprint density at radius 3 is 2.53 bits per heavy atom. The van der Waals surface area contributed by atoms with Gasteiger partial charge in [0.15, 0.2) is 0 Å². The molecular formula is C13H23NO. The maximum atomic E-state index is 6.03. The van der Waals surface area contributed by atoms with Gasteiger partial charge in [-0.05, 0) is 25.5 Å². The number of unbranched alkanes of at least 4 members (excludes halogenated alkanes) is 4. The minimum absolute atomic E-state index is 0.0836. The third-order valence-corrected chi connectivity index (χ3v) is 2.75. The van der Waals surface area contributed by atoms with Gasteiger partial charge in [-0.25, -0.2) is 0 Å². The van der Waals surface area contributed by atoms with E-state index in [-0.39, 0.29) is 6.04 Å². The lowest BCUT2D eigenvalue weighted by Crippen LogP contribution is -2.08. The van der Waals surface area contributed by atoms with Crippen LogP contribution in [0.2, 0.25) is 0 Å². The predicted molar refractivity (Wildman–Crippen MR) is 63.7 cm³/mol. The molecule has 0 bridgehead atoms. The van der Waals surface area contributed by atoms with Gasteiger partial charge >= 0.3 is 0 Å². The zero-order valence-electron chi connectivity index (χ0n) is 9.96. The molecule has 0 saturated heterocycles. The molecule has 2 heteroatoms. The average Bonchev–Trinajstić information content (AvgIpc) is 2.64. The van der Waals surface area contributed by atoms with Crippen molar-refractivity contribution in [1.29, 1.82) is 0 Å². The minimum Gasteiger partial charge on any atom is -0.465 e. The van der Waals surface area contributed by atoms with E-state index >= 15 is 0 Å². The van der Waals surface area contributed by atoms with E-state index in [9.17, 15) is 0 Å². The molecule has 15 heavy (non-hydrogen) atoms. The molecular weight excluding hydrogens is 186 g/mol. The van der Waals surface area contributed by atoms with Crippen LogP contribution in [0.1, 0.15) is 63.0 Å². The Bertz CT molecular complexity index is 267. The molecule has 0 spiro atoms. The van der Waals surface area contributed by atoms with Gasteiger partial charge in [0.1, 0.15) is 11.5 Å². The highest BCUT2D eigenvalue weighted by atomic mass is 16.3. The maximum absolute atomic E-state index is 6.03. The van der Waals surface area contributed by atoms with Crippen molar-refractivity contribution in [3.05, 3.63) is 23.7 Å². The van der Waals surface area contributed by atoms with Gasteiger partial charge in [0, 0.05) is 0 Å². The summed E-state index contributed by atoms with van der Waals surface area (Å²) in [4.78, 5) is 0. The largest absolute Gasteiger partial charge is 0.465 e. The van der Waals surface area contributed by atoms with Gasteiger partial charge in [0.2, 0.25) is 0 Å². The van der Waals surface area contributed by atoms with Crippen LogP contribution < -0.4 is 5.73 Å². The molecule has 0 aliphatic rings. The molecule has 0 aliphatic carbocycles. The Morgan fingerprint density at radius 1 is 1.20 bits per heavy atom. The first-order valence-corrected chi connectivity index (χ1v) is 6.06.